The summed E-state index contributed by atoms with van der Waals surface area (Å²) >= 11 is 0. The molecule has 1 fully saturated rings. The molecule has 4 rings (SSSR count). The number of benzene rings is 2. The minimum atomic E-state index is -1.73. The Labute approximate surface area is 216 Å². The van der Waals surface area contributed by atoms with E-state index in [9.17, 15) is 24.9 Å². The number of methoxy groups -OCH3 is 1. The fourth-order valence-electron chi connectivity index (χ4n) is 4.78. The van der Waals surface area contributed by atoms with Crippen molar-refractivity contribution >= 4 is 17.5 Å². The highest BCUT2D eigenvalue weighted by molar-refractivity contribution is 6.00. The first kappa shape index (κ1) is 26.8. The molecule has 198 valence electrons. The first-order chi connectivity index (χ1) is 17.9. The molecule has 2 aliphatic rings. The predicted molar refractivity (Wildman–Crippen MR) is 138 cm³/mol. The minimum absolute atomic E-state index is 0.156. The van der Waals surface area contributed by atoms with Gasteiger partial charge < -0.3 is 35.4 Å². The Bertz CT molecular complexity index is 1100. The van der Waals surface area contributed by atoms with Crippen molar-refractivity contribution in [3.05, 3.63) is 60.7 Å². The maximum atomic E-state index is 13.0. The average molecular weight is 511 g/mol. The quantitative estimate of drug-likeness (QED) is 0.326. The Balaban J connectivity index is 1.41. The lowest BCUT2D eigenvalue weighted by atomic mass is 9.99. The van der Waals surface area contributed by atoms with Crippen LogP contribution >= 0.6 is 0 Å². The van der Waals surface area contributed by atoms with Gasteiger partial charge in [0.15, 0.2) is 11.9 Å². The van der Waals surface area contributed by atoms with E-state index in [1.807, 2.05) is 42.5 Å². The van der Waals surface area contributed by atoms with E-state index >= 15 is 0 Å². The number of aliphatic hydroxyl groups is 3. The Kier molecular flexibility index (Phi) is 8.94. The van der Waals surface area contributed by atoms with Gasteiger partial charge in [-0.05, 0) is 30.4 Å². The Morgan fingerprint density at radius 2 is 1.81 bits per heavy atom. The second kappa shape index (κ2) is 12.3. The van der Waals surface area contributed by atoms with Gasteiger partial charge in [-0.25, -0.2) is 0 Å². The molecule has 9 nitrogen and oxygen atoms in total. The molecule has 5 atom stereocenters. The van der Waals surface area contributed by atoms with Crippen molar-refractivity contribution in [3.63, 3.8) is 0 Å². The van der Waals surface area contributed by atoms with Gasteiger partial charge in [0, 0.05) is 12.7 Å². The molecule has 2 amide bonds. The predicted octanol–water partition coefficient (Wildman–Crippen LogP) is 2.01. The Morgan fingerprint density at radius 1 is 1.08 bits per heavy atom. The zero-order valence-electron chi connectivity index (χ0n) is 20.7. The van der Waals surface area contributed by atoms with E-state index in [4.69, 9.17) is 9.47 Å². The van der Waals surface area contributed by atoms with Crippen LogP contribution < -0.4 is 15.4 Å². The molecule has 1 heterocycles. The lowest BCUT2D eigenvalue weighted by Gasteiger charge is -2.28. The van der Waals surface area contributed by atoms with Gasteiger partial charge in [0.1, 0.15) is 31.0 Å². The zero-order valence-corrected chi connectivity index (χ0v) is 20.7. The number of ether oxygens (including phenoxy) is 2. The van der Waals surface area contributed by atoms with Crippen LogP contribution in [0.5, 0.6) is 5.75 Å². The smallest absolute Gasteiger partial charge is 0.252 e. The monoisotopic (exact) mass is 510 g/mol. The van der Waals surface area contributed by atoms with Crippen LogP contribution in [0.4, 0.5) is 5.69 Å². The van der Waals surface area contributed by atoms with E-state index in [0.717, 1.165) is 36.8 Å². The maximum Gasteiger partial charge on any atom is 0.252 e. The van der Waals surface area contributed by atoms with Crippen molar-refractivity contribution in [1.82, 2.24) is 5.32 Å². The molecule has 9 heteroatoms. The molecule has 1 saturated carbocycles. The summed E-state index contributed by atoms with van der Waals surface area (Å²) in [6, 6.07) is 13.9. The molecule has 5 N–H and O–H groups in total. The van der Waals surface area contributed by atoms with Gasteiger partial charge in [-0.15, -0.1) is 0 Å². The molecule has 0 spiro atoms. The number of allylic oxidation sites excluding steroid dienone is 1. The van der Waals surface area contributed by atoms with Crippen molar-refractivity contribution in [2.75, 3.05) is 19.0 Å². The fourth-order valence-corrected chi connectivity index (χ4v) is 4.78. The molecule has 0 radical (unpaired) electrons. The lowest BCUT2D eigenvalue weighted by molar-refractivity contribution is -0.150. The summed E-state index contributed by atoms with van der Waals surface area (Å²) < 4.78 is 11.1. The second-order valence-electron chi connectivity index (χ2n) is 9.47. The number of hydrogen-bond acceptors (Lipinski definition) is 7. The third kappa shape index (κ3) is 6.37. The van der Waals surface area contributed by atoms with E-state index < -0.39 is 42.3 Å². The number of carbonyl (C=O) groups is 2. The molecule has 1 aliphatic heterocycles. The highest BCUT2D eigenvalue weighted by atomic mass is 16.5. The molecule has 37 heavy (non-hydrogen) atoms. The van der Waals surface area contributed by atoms with Crippen molar-refractivity contribution < 1.29 is 34.4 Å². The number of nitrogens with one attached hydrogen (secondary N) is 2. The van der Waals surface area contributed by atoms with Gasteiger partial charge >= 0.3 is 0 Å². The summed E-state index contributed by atoms with van der Waals surface area (Å²) in [6.45, 7) is -0.156. The van der Waals surface area contributed by atoms with E-state index in [-0.39, 0.29) is 6.61 Å². The summed E-state index contributed by atoms with van der Waals surface area (Å²) in [5.41, 5.74) is 2.17. The fraction of sp³-hybridized carbons (Fsp3) is 0.429. The van der Waals surface area contributed by atoms with Crippen LogP contribution in [0, 0.1) is 5.92 Å². The van der Waals surface area contributed by atoms with E-state index in [2.05, 4.69) is 10.6 Å². The molecule has 0 bridgehead atoms. The molecular formula is C28H34N2O7. The summed E-state index contributed by atoms with van der Waals surface area (Å²) in [7, 11) is 1.20. The summed E-state index contributed by atoms with van der Waals surface area (Å²) in [5.74, 6) is -0.503. The first-order valence-corrected chi connectivity index (χ1v) is 12.6. The van der Waals surface area contributed by atoms with Crippen LogP contribution in [-0.2, 0) is 14.3 Å². The summed E-state index contributed by atoms with van der Waals surface area (Å²) in [6.07, 6.45) is 1.28. The van der Waals surface area contributed by atoms with Crippen molar-refractivity contribution in [2.45, 2.75) is 56.1 Å². The van der Waals surface area contributed by atoms with Crippen LogP contribution in [0.1, 0.15) is 25.7 Å². The number of rotatable bonds is 9. The Morgan fingerprint density at radius 3 is 2.51 bits per heavy atom. The van der Waals surface area contributed by atoms with Crippen molar-refractivity contribution in [3.8, 4) is 16.9 Å². The van der Waals surface area contributed by atoms with Crippen LogP contribution in [-0.4, -0.2) is 71.3 Å². The molecule has 1 aliphatic carbocycles. The highest BCUT2D eigenvalue weighted by Crippen LogP contribution is 2.37. The molecule has 2 aromatic rings. The van der Waals surface area contributed by atoms with Gasteiger partial charge in [-0.3, -0.25) is 9.59 Å². The number of para-hydroxylation sites is 1. The third-order valence-corrected chi connectivity index (χ3v) is 6.89. The summed E-state index contributed by atoms with van der Waals surface area (Å²) in [4.78, 5) is 25.8. The van der Waals surface area contributed by atoms with Gasteiger partial charge in [0.2, 0.25) is 0 Å². The van der Waals surface area contributed by atoms with Gasteiger partial charge in [-0.1, -0.05) is 67.5 Å². The number of amides is 2. The number of carbonyl (C=O) groups excluding carboxylic acids is 2. The number of fused-ring (bicyclic) bond motifs is 1. The number of anilines is 1. The SMILES string of the molecule is CO[C@@H](C(=O)N[C@H]1COc2c(cccc2-c2ccccc2)NC1=O)[C@H](O)[C@@H](O)[C@H](O)/C=C/C1CCCC1. The topological polar surface area (TPSA) is 137 Å². The summed E-state index contributed by atoms with van der Waals surface area (Å²) in [5, 5.41) is 36.7. The molecule has 0 unspecified atom stereocenters. The largest absolute Gasteiger partial charge is 0.488 e. The van der Waals surface area contributed by atoms with Gasteiger partial charge in [0.25, 0.3) is 11.8 Å². The van der Waals surface area contributed by atoms with Gasteiger partial charge in [0.05, 0.1) is 5.69 Å². The molecule has 0 aromatic heterocycles. The van der Waals surface area contributed by atoms with E-state index in [1.165, 1.54) is 13.2 Å². The van der Waals surface area contributed by atoms with Gasteiger partial charge in [-0.2, -0.15) is 0 Å². The number of aliphatic hydroxyl groups excluding tert-OH is 3. The van der Waals surface area contributed by atoms with Crippen LogP contribution in [0.2, 0.25) is 0 Å². The normalized spacial score (nSPS) is 21.3. The third-order valence-electron chi connectivity index (χ3n) is 6.89. The van der Waals surface area contributed by atoms with Crippen LogP contribution in [0.3, 0.4) is 0 Å². The zero-order chi connectivity index (χ0) is 26.4. The van der Waals surface area contributed by atoms with Crippen molar-refractivity contribution in [2.24, 2.45) is 5.92 Å². The number of hydrogen-bond donors (Lipinski definition) is 5. The Hall–Kier alpha value is -3.24. The van der Waals surface area contributed by atoms with E-state index in [1.54, 1.807) is 12.1 Å². The standard InChI is InChI=1S/C28H34N2O7/c1-36-26(24(33)23(32)22(31)15-14-17-8-5-6-9-17)28(35)30-21-16-37-25-19(18-10-3-2-4-11-18)12-7-13-20(25)29-27(21)34/h2-4,7,10-15,17,21-24,26,31-33H,5-6,8-9,16H2,1H3,(H,29,34)(H,30,35)/b15-14+/t21-,22+,23-,24+,26+/m0/s1. The minimum Gasteiger partial charge on any atom is -0.488 e. The first-order valence-electron chi connectivity index (χ1n) is 12.6. The molecule has 0 saturated heterocycles. The maximum absolute atomic E-state index is 13.0. The average Bonchev–Trinajstić information content (AvgIpc) is 3.38. The highest BCUT2D eigenvalue weighted by Gasteiger charge is 2.37. The molecular weight excluding hydrogens is 476 g/mol. The lowest BCUT2D eigenvalue weighted by Crippen LogP contribution is -2.56. The van der Waals surface area contributed by atoms with Crippen molar-refractivity contribution in [1.29, 1.82) is 0 Å². The van der Waals surface area contributed by atoms with Crippen LogP contribution in [0.15, 0.2) is 60.7 Å². The molecule has 2 aromatic carbocycles. The van der Waals surface area contributed by atoms with E-state index in [0.29, 0.717) is 17.4 Å². The van der Waals surface area contributed by atoms with Crippen LogP contribution in [0.25, 0.3) is 11.1 Å². The second-order valence-corrected chi connectivity index (χ2v) is 9.47.